The monoisotopic (exact) mass is 304 g/mol. The quantitative estimate of drug-likeness (QED) is 0.823. The van der Waals surface area contributed by atoms with Crippen LogP contribution in [0.25, 0.3) is 0 Å². The number of carbonyl (C=O) groups is 3. The first-order valence-corrected chi connectivity index (χ1v) is 7.43. The number of benzene rings is 1. The lowest BCUT2D eigenvalue weighted by molar-refractivity contribution is -0.143. The van der Waals surface area contributed by atoms with Gasteiger partial charge in [0.25, 0.3) is 5.91 Å². The maximum atomic E-state index is 12.5. The maximum Gasteiger partial charge on any atom is 0.325 e. The highest BCUT2D eigenvalue weighted by atomic mass is 16.5. The molecule has 6 heteroatoms. The first kappa shape index (κ1) is 16.0. The normalized spacial score (nSPS) is 17.1. The minimum Gasteiger partial charge on any atom is -0.465 e. The van der Waals surface area contributed by atoms with E-state index < -0.39 is 12.0 Å². The summed E-state index contributed by atoms with van der Waals surface area (Å²) in [5.41, 5.74) is 0.563. The number of hydrogen-bond donors (Lipinski definition) is 1. The van der Waals surface area contributed by atoms with E-state index in [1.807, 2.05) is 6.07 Å². The maximum absolute atomic E-state index is 12.5. The van der Waals surface area contributed by atoms with Crippen molar-refractivity contribution < 1.29 is 19.1 Å². The Kier molecular flexibility index (Phi) is 5.52. The fourth-order valence-electron chi connectivity index (χ4n) is 2.52. The highest BCUT2D eigenvalue weighted by Crippen LogP contribution is 2.20. The van der Waals surface area contributed by atoms with Crippen LogP contribution in [0.1, 0.15) is 30.1 Å². The number of nitrogens with zero attached hydrogens (tertiary/aromatic N) is 1. The molecule has 1 atom stereocenters. The fourth-order valence-corrected chi connectivity index (χ4v) is 2.52. The van der Waals surface area contributed by atoms with Crippen LogP contribution in [0.5, 0.6) is 0 Å². The van der Waals surface area contributed by atoms with Crippen molar-refractivity contribution >= 4 is 17.8 Å². The van der Waals surface area contributed by atoms with Crippen molar-refractivity contribution in [2.45, 2.75) is 25.8 Å². The van der Waals surface area contributed by atoms with Crippen molar-refractivity contribution in [3.63, 3.8) is 0 Å². The minimum absolute atomic E-state index is 0.158. The number of rotatable bonds is 5. The molecule has 1 aliphatic rings. The van der Waals surface area contributed by atoms with E-state index in [-0.39, 0.29) is 25.0 Å². The molecule has 0 aromatic heterocycles. The Morgan fingerprint density at radius 2 is 2.00 bits per heavy atom. The standard InChI is InChI=1S/C16H20N2O4/c1-2-22-14(19)11-17-15(20)13-9-6-10-18(13)16(21)12-7-4-3-5-8-12/h3-5,7-8,13H,2,6,9-11H2,1H3,(H,17,20)/t13-/m0/s1. The van der Waals surface area contributed by atoms with Gasteiger partial charge in [-0.15, -0.1) is 0 Å². The summed E-state index contributed by atoms with van der Waals surface area (Å²) in [5.74, 6) is -0.945. The first-order chi connectivity index (χ1) is 10.6. The van der Waals surface area contributed by atoms with Crippen molar-refractivity contribution in [3.8, 4) is 0 Å². The molecule has 1 aliphatic heterocycles. The van der Waals surface area contributed by atoms with E-state index in [0.29, 0.717) is 18.5 Å². The van der Waals surface area contributed by atoms with Gasteiger partial charge in [-0.1, -0.05) is 18.2 Å². The number of ether oxygens (including phenoxy) is 1. The van der Waals surface area contributed by atoms with Gasteiger partial charge in [0.2, 0.25) is 5.91 Å². The Morgan fingerprint density at radius 3 is 2.68 bits per heavy atom. The van der Waals surface area contributed by atoms with Gasteiger partial charge in [-0.25, -0.2) is 0 Å². The number of likely N-dealkylation sites (tertiary alicyclic amines) is 1. The van der Waals surface area contributed by atoms with Gasteiger partial charge in [0.15, 0.2) is 0 Å². The molecule has 6 nitrogen and oxygen atoms in total. The summed E-state index contributed by atoms with van der Waals surface area (Å²) < 4.78 is 4.76. The van der Waals surface area contributed by atoms with Crippen LogP contribution >= 0.6 is 0 Å². The molecular weight excluding hydrogens is 284 g/mol. The summed E-state index contributed by atoms with van der Waals surface area (Å²) in [6.07, 6.45) is 1.38. The number of amides is 2. The Bertz CT molecular complexity index is 544. The Labute approximate surface area is 129 Å². The smallest absolute Gasteiger partial charge is 0.325 e. The van der Waals surface area contributed by atoms with Gasteiger partial charge in [-0.05, 0) is 31.9 Å². The van der Waals surface area contributed by atoms with Crippen LogP contribution in [-0.4, -0.2) is 48.4 Å². The second-order valence-electron chi connectivity index (χ2n) is 5.05. The fraction of sp³-hybridized carbons (Fsp3) is 0.438. The summed E-state index contributed by atoms with van der Waals surface area (Å²) >= 11 is 0. The summed E-state index contributed by atoms with van der Waals surface area (Å²) in [6, 6.07) is 8.35. The molecule has 0 spiro atoms. The largest absolute Gasteiger partial charge is 0.465 e. The lowest BCUT2D eigenvalue weighted by atomic mass is 10.1. The second kappa shape index (κ2) is 7.59. The summed E-state index contributed by atoms with van der Waals surface area (Å²) in [5, 5.41) is 2.54. The van der Waals surface area contributed by atoms with E-state index >= 15 is 0 Å². The molecule has 2 rings (SSSR count). The molecule has 0 aliphatic carbocycles. The summed E-state index contributed by atoms with van der Waals surface area (Å²) in [7, 11) is 0. The first-order valence-electron chi connectivity index (χ1n) is 7.43. The van der Waals surface area contributed by atoms with Crippen molar-refractivity contribution in [3.05, 3.63) is 35.9 Å². The van der Waals surface area contributed by atoms with Crippen LogP contribution in [0.3, 0.4) is 0 Å². The van der Waals surface area contributed by atoms with Gasteiger partial charge < -0.3 is 15.0 Å². The van der Waals surface area contributed by atoms with E-state index in [1.54, 1.807) is 36.1 Å². The molecule has 1 aromatic carbocycles. The molecule has 0 saturated carbocycles. The third-order valence-corrected chi connectivity index (χ3v) is 3.55. The van der Waals surface area contributed by atoms with E-state index in [2.05, 4.69) is 5.32 Å². The lowest BCUT2D eigenvalue weighted by Crippen LogP contribution is -2.47. The van der Waals surface area contributed by atoms with E-state index in [9.17, 15) is 14.4 Å². The van der Waals surface area contributed by atoms with E-state index in [0.717, 1.165) is 6.42 Å². The SMILES string of the molecule is CCOC(=O)CNC(=O)[C@@H]1CCCN1C(=O)c1ccccc1. The predicted octanol–water partition coefficient (Wildman–Crippen LogP) is 0.970. The highest BCUT2D eigenvalue weighted by molar-refractivity contribution is 5.98. The molecule has 2 amide bonds. The lowest BCUT2D eigenvalue weighted by Gasteiger charge is -2.23. The van der Waals surface area contributed by atoms with Gasteiger partial charge >= 0.3 is 5.97 Å². The molecule has 1 aromatic rings. The predicted molar refractivity (Wildman–Crippen MR) is 80.1 cm³/mol. The molecule has 0 radical (unpaired) electrons. The van der Waals surface area contributed by atoms with Gasteiger partial charge in [0.05, 0.1) is 6.61 Å². The third kappa shape index (κ3) is 3.84. The number of esters is 1. The van der Waals surface area contributed by atoms with Crippen molar-refractivity contribution in [1.82, 2.24) is 10.2 Å². The Hall–Kier alpha value is -2.37. The van der Waals surface area contributed by atoms with Crippen LogP contribution in [0, 0.1) is 0 Å². The molecule has 1 saturated heterocycles. The van der Waals surface area contributed by atoms with E-state index in [1.165, 1.54) is 0 Å². The molecule has 22 heavy (non-hydrogen) atoms. The van der Waals surface area contributed by atoms with Crippen LogP contribution in [0.4, 0.5) is 0 Å². The highest BCUT2D eigenvalue weighted by Gasteiger charge is 2.34. The van der Waals surface area contributed by atoms with Crippen LogP contribution in [-0.2, 0) is 14.3 Å². The molecule has 0 unspecified atom stereocenters. The summed E-state index contributed by atoms with van der Waals surface area (Å²) in [6.45, 7) is 2.36. The van der Waals surface area contributed by atoms with Gasteiger partial charge in [-0.2, -0.15) is 0 Å². The zero-order valence-electron chi connectivity index (χ0n) is 12.6. The minimum atomic E-state index is -0.526. The number of nitrogens with one attached hydrogen (secondary N) is 1. The molecular formula is C16H20N2O4. The van der Waals surface area contributed by atoms with Crippen molar-refractivity contribution in [2.24, 2.45) is 0 Å². The summed E-state index contributed by atoms with van der Waals surface area (Å²) in [4.78, 5) is 37.5. The Morgan fingerprint density at radius 1 is 1.27 bits per heavy atom. The zero-order chi connectivity index (χ0) is 15.9. The topological polar surface area (TPSA) is 75.7 Å². The van der Waals surface area contributed by atoms with Crippen molar-refractivity contribution in [1.29, 1.82) is 0 Å². The van der Waals surface area contributed by atoms with Gasteiger partial charge in [-0.3, -0.25) is 14.4 Å². The molecule has 0 bridgehead atoms. The van der Waals surface area contributed by atoms with Crippen LogP contribution < -0.4 is 5.32 Å². The zero-order valence-corrected chi connectivity index (χ0v) is 12.6. The van der Waals surface area contributed by atoms with Crippen molar-refractivity contribution in [2.75, 3.05) is 19.7 Å². The number of hydrogen-bond acceptors (Lipinski definition) is 4. The average molecular weight is 304 g/mol. The molecule has 1 fully saturated rings. The molecule has 1 N–H and O–H groups in total. The Balaban J connectivity index is 1.97. The number of carbonyl (C=O) groups excluding carboxylic acids is 3. The molecule has 118 valence electrons. The van der Waals surface area contributed by atoms with E-state index in [4.69, 9.17) is 4.74 Å². The van der Waals surface area contributed by atoms with Gasteiger partial charge in [0.1, 0.15) is 12.6 Å². The van der Waals surface area contributed by atoms with Crippen LogP contribution in [0.2, 0.25) is 0 Å². The van der Waals surface area contributed by atoms with Crippen LogP contribution in [0.15, 0.2) is 30.3 Å². The average Bonchev–Trinajstić information content (AvgIpc) is 3.02. The molecule has 1 heterocycles. The second-order valence-corrected chi connectivity index (χ2v) is 5.05. The van der Waals surface area contributed by atoms with Gasteiger partial charge in [0, 0.05) is 12.1 Å². The third-order valence-electron chi connectivity index (χ3n) is 3.55.